The Bertz CT molecular complexity index is 2030. The van der Waals surface area contributed by atoms with Crippen LogP contribution in [0.25, 0.3) is 16.7 Å². The number of hydrogen-bond acceptors (Lipinski definition) is 4. The number of rotatable bonds is 6. The minimum atomic E-state index is 0.0921. The summed E-state index contributed by atoms with van der Waals surface area (Å²) in [4.78, 5) is 4.43. The topological polar surface area (TPSA) is 54.1 Å². The first-order chi connectivity index (χ1) is 23.3. The van der Waals surface area contributed by atoms with E-state index >= 15 is 0 Å². The molecule has 0 heterocycles. The highest BCUT2D eigenvalue weighted by molar-refractivity contribution is 14.1. The zero-order valence-corrected chi connectivity index (χ0v) is 33.6. The number of hydrogen-bond donors (Lipinski definition) is 0. The van der Waals surface area contributed by atoms with E-state index in [4.69, 9.17) is 0 Å². The highest BCUT2D eigenvalue weighted by atomic mass is 127. The van der Waals surface area contributed by atoms with E-state index in [2.05, 4.69) is 246 Å². The molecule has 0 aromatic heterocycles. The van der Waals surface area contributed by atoms with Crippen LogP contribution >= 0.6 is 90.4 Å². The van der Waals surface area contributed by atoms with Gasteiger partial charge in [-0.2, -0.15) is 10.5 Å². The van der Waals surface area contributed by atoms with Crippen LogP contribution < -0.4 is 9.80 Å². The van der Waals surface area contributed by atoms with Gasteiger partial charge in [0, 0.05) is 54.0 Å². The molecule has 0 saturated heterocycles. The summed E-state index contributed by atoms with van der Waals surface area (Å²) in [5, 5.41) is 20.5. The Morgan fingerprint density at radius 1 is 0.375 bits per heavy atom. The third-order valence-electron chi connectivity index (χ3n) is 8.16. The van der Waals surface area contributed by atoms with Gasteiger partial charge < -0.3 is 9.80 Å². The first kappa shape index (κ1) is 33.1. The molecule has 4 nitrogen and oxygen atoms in total. The highest BCUT2D eigenvalue weighted by Crippen LogP contribution is 2.50. The fourth-order valence-electron chi connectivity index (χ4n) is 6.03. The third kappa shape index (κ3) is 6.47. The molecule has 8 heteroatoms. The van der Waals surface area contributed by atoms with Gasteiger partial charge in [-0.25, -0.2) is 0 Å². The molecule has 0 bridgehead atoms. The van der Waals surface area contributed by atoms with E-state index in [-0.39, 0.29) is 5.57 Å². The van der Waals surface area contributed by atoms with Crippen LogP contribution in [0, 0.1) is 36.9 Å². The zero-order chi connectivity index (χ0) is 33.4. The van der Waals surface area contributed by atoms with Crippen molar-refractivity contribution in [2.75, 3.05) is 9.80 Å². The smallest absolute Gasteiger partial charge is 0.138 e. The molecular weight excluding hydrogens is 1040 g/mol. The monoisotopic (exact) mass is 1070 g/mol. The minimum Gasteiger partial charge on any atom is -0.310 e. The van der Waals surface area contributed by atoms with Gasteiger partial charge in [0.2, 0.25) is 0 Å². The Kier molecular flexibility index (Phi) is 9.78. The lowest BCUT2D eigenvalue weighted by Crippen LogP contribution is -2.10. The van der Waals surface area contributed by atoms with Crippen LogP contribution in [0.2, 0.25) is 0 Å². The van der Waals surface area contributed by atoms with Crippen molar-refractivity contribution in [2.45, 2.75) is 0 Å². The van der Waals surface area contributed by atoms with Gasteiger partial charge in [0.25, 0.3) is 0 Å². The molecule has 0 spiro atoms. The normalized spacial score (nSPS) is 11.2. The van der Waals surface area contributed by atoms with Gasteiger partial charge in [0.05, 0.1) is 0 Å². The maximum atomic E-state index is 10.3. The molecule has 7 rings (SSSR count). The summed E-state index contributed by atoms with van der Waals surface area (Å²) in [7, 11) is 0. The molecular formula is C40H22I4N4. The maximum Gasteiger partial charge on any atom is 0.138 e. The van der Waals surface area contributed by atoms with Gasteiger partial charge >= 0.3 is 0 Å². The fourth-order valence-corrected chi connectivity index (χ4v) is 7.47. The van der Waals surface area contributed by atoms with Crippen molar-refractivity contribution in [3.8, 4) is 23.3 Å². The molecule has 0 radical (unpaired) electrons. The largest absolute Gasteiger partial charge is 0.310 e. The van der Waals surface area contributed by atoms with E-state index in [0.29, 0.717) is 5.57 Å². The predicted molar refractivity (Wildman–Crippen MR) is 229 cm³/mol. The van der Waals surface area contributed by atoms with Gasteiger partial charge in [0.15, 0.2) is 0 Å². The Hall–Kier alpha value is -3.44. The summed E-state index contributed by atoms with van der Waals surface area (Å²) in [5.74, 6) is 0. The molecule has 0 fully saturated rings. The summed E-state index contributed by atoms with van der Waals surface area (Å²) in [6, 6.07) is 50.9. The molecule has 1 aliphatic rings. The summed E-state index contributed by atoms with van der Waals surface area (Å²) in [5.41, 5.74) is 10.4. The Morgan fingerprint density at radius 3 is 0.917 bits per heavy atom. The number of benzene rings is 6. The summed E-state index contributed by atoms with van der Waals surface area (Å²) >= 11 is 9.29. The van der Waals surface area contributed by atoms with Crippen LogP contribution in [0.15, 0.2) is 139 Å². The molecule has 6 aromatic carbocycles. The number of allylic oxidation sites excluding steroid dienone is 1. The molecule has 1 aliphatic carbocycles. The van der Waals surface area contributed by atoms with Gasteiger partial charge in [-0.1, -0.05) is 12.1 Å². The van der Waals surface area contributed by atoms with Gasteiger partial charge in [-0.15, -0.1) is 0 Å². The third-order valence-corrected chi connectivity index (χ3v) is 11.0. The quantitative estimate of drug-likeness (QED) is 0.123. The van der Waals surface area contributed by atoms with Crippen molar-refractivity contribution in [3.05, 3.63) is 164 Å². The lowest BCUT2D eigenvalue weighted by atomic mass is 9.98. The van der Waals surface area contributed by atoms with Crippen molar-refractivity contribution in [1.82, 2.24) is 0 Å². The minimum absolute atomic E-state index is 0.0921. The van der Waals surface area contributed by atoms with Crippen molar-refractivity contribution >= 4 is 130 Å². The van der Waals surface area contributed by atoms with Gasteiger partial charge in [0.1, 0.15) is 17.7 Å². The molecule has 0 N–H and O–H groups in total. The van der Waals surface area contributed by atoms with Crippen LogP contribution in [0.3, 0.4) is 0 Å². The summed E-state index contributed by atoms with van der Waals surface area (Å²) in [6.45, 7) is 0. The average molecular weight is 1070 g/mol. The highest BCUT2D eigenvalue weighted by Gasteiger charge is 2.29. The fraction of sp³-hybridized carbons (Fsp3) is 0. The first-order valence-corrected chi connectivity index (χ1v) is 19.1. The van der Waals surface area contributed by atoms with E-state index in [0.717, 1.165) is 70.7 Å². The molecule has 0 amide bonds. The second-order valence-corrected chi connectivity index (χ2v) is 16.0. The van der Waals surface area contributed by atoms with E-state index in [1.165, 1.54) is 0 Å². The van der Waals surface area contributed by atoms with Crippen LogP contribution in [-0.2, 0) is 0 Å². The lowest BCUT2D eigenvalue weighted by Gasteiger charge is -2.26. The van der Waals surface area contributed by atoms with Crippen LogP contribution in [0.4, 0.5) is 34.1 Å². The van der Waals surface area contributed by atoms with Crippen molar-refractivity contribution in [1.29, 1.82) is 10.5 Å². The SMILES string of the molecule is N#CC(C#N)=C1c2cc(N(c3ccc(I)cc3)c3ccc(I)cc3)ccc2-c2ccc(N(c3ccc(I)cc3)c3ccc(I)cc3)cc21. The van der Waals surface area contributed by atoms with E-state index in [1.54, 1.807) is 0 Å². The Labute approximate surface area is 334 Å². The number of fused-ring (bicyclic) bond motifs is 3. The summed E-state index contributed by atoms with van der Waals surface area (Å²) < 4.78 is 4.62. The number of anilines is 6. The second kappa shape index (κ2) is 14.2. The molecule has 6 aromatic rings. The first-order valence-electron chi connectivity index (χ1n) is 14.8. The Morgan fingerprint density at radius 2 is 0.646 bits per heavy atom. The molecule has 0 atom stereocenters. The predicted octanol–water partition coefficient (Wildman–Crippen LogP) is 12.9. The van der Waals surface area contributed by atoms with E-state index in [1.807, 2.05) is 0 Å². The van der Waals surface area contributed by atoms with Crippen LogP contribution in [0.1, 0.15) is 11.1 Å². The maximum absolute atomic E-state index is 10.3. The lowest BCUT2D eigenvalue weighted by molar-refractivity contribution is 1.28. The molecule has 48 heavy (non-hydrogen) atoms. The molecule has 0 unspecified atom stereocenters. The Balaban J connectivity index is 1.41. The van der Waals surface area contributed by atoms with E-state index < -0.39 is 0 Å². The van der Waals surface area contributed by atoms with Crippen molar-refractivity contribution in [3.63, 3.8) is 0 Å². The second-order valence-electron chi connectivity index (χ2n) is 11.0. The molecule has 0 saturated carbocycles. The van der Waals surface area contributed by atoms with Crippen LogP contribution in [0.5, 0.6) is 0 Å². The standard InChI is InChI=1S/C40H22I4N4/c41-26-1-9-30(10-2-26)47(31-11-3-27(42)4-12-31)34-17-19-36-37-20-18-35(22-39(37)40(38(36)21-34)25(23-45)24-46)48(32-13-5-28(43)6-14-32)33-15-7-29(44)8-16-33/h1-22H. The number of nitriles is 2. The molecule has 230 valence electrons. The van der Waals surface area contributed by atoms with E-state index in [9.17, 15) is 10.5 Å². The van der Waals surface area contributed by atoms with Gasteiger partial charge in [-0.05, 0) is 234 Å². The molecule has 0 aliphatic heterocycles. The number of nitrogens with zero attached hydrogens (tertiary/aromatic N) is 4. The van der Waals surface area contributed by atoms with Crippen molar-refractivity contribution in [2.24, 2.45) is 0 Å². The zero-order valence-electron chi connectivity index (χ0n) is 25.0. The van der Waals surface area contributed by atoms with Crippen molar-refractivity contribution < 1.29 is 0 Å². The number of halogens is 4. The summed E-state index contributed by atoms with van der Waals surface area (Å²) in [6.07, 6.45) is 0. The van der Waals surface area contributed by atoms with Crippen LogP contribution in [-0.4, -0.2) is 0 Å². The average Bonchev–Trinajstić information content (AvgIpc) is 3.42. The van der Waals surface area contributed by atoms with Gasteiger partial charge in [-0.3, -0.25) is 0 Å².